The number of aryl methyl sites for hydroxylation is 2. The molecule has 1 aromatic carbocycles. The van der Waals surface area contributed by atoms with Crippen LogP contribution in [0, 0.1) is 0 Å². The van der Waals surface area contributed by atoms with Gasteiger partial charge in [0.05, 0.1) is 0 Å². The smallest absolute Gasteiger partial charge is 0.374 e. The summed E-state index contributed by atoms with van der Waals surface area (Å²) in [6, 6.07) is 10.2. The maximum atomic E-state index is 5.99. The van der Waals surface area contributed by atoms with Gasteiger partial charge in [-0.3, -0.25) is 0 Å². The van der Waals surface area contributed by atoms with Crippen molar-refractivity contribution < 1.29 is 26.6 Å². The van der Waals surface area contributed by atoms with Crippen molar-refractivity contribution in [2.45, 2.75) is 66.5 Å². The third-order valence-electron chi connectivity index (χ3n) is 4.62. The van der Waals surface area contributed by atoms with Crippen LogP contribution in [-0.4, -0.2) is 57.3 Å². The van der Waals surface area contributed by atoms with Crippen LogP contribution in [0.25, 0.3) is 0 Å². The third-order valence-corrected chi connectivity index (χ3v) is 10.7. The van der Waals surface area contributed by atoms with E-state index in [1.54, 1.807) is 0 Å². The minimum absolute atomic E-state index is 0.602. The van der Waals surface area contributed by atoms with Crippen LogP contribution in [0.3, 0.4) is 0 Å². The number of hydrogen-bond acceptors (Lipinski definition) is 6. The minimum atomic E-state index is -2.63. The fraction of sp³-hybridized carbons (Fsp3) is 0.727. The molecule has 0 fully saturated rings. The molecule has 6 nitrogen and oxygen atoms in total. The van der Waals surface area contributed by atoms with Crippen LogP contribution in [0.2, 0.25) is 12.1 Å². The SMILES string of the molecule is CCO[Si](CCc1cccc(CC[Si](OCC)(OCC)OCC)c1)(OCC)OCC. The molecular formula is C22H42O6Si2. The van der Waals surface area contributed by atoms with Gasteiger partial charge in [0.25, 0.3) is 0 Å². The average molecular weight is 459 g/mol. The highest BCUT2D eigenvalue weighted by Crippen LogP contribution is 2.22. The lowest BCUT2D eigenvalue weighted by atomic mass is 10.1. The molecule has 0 aliphatic rings. The molecule has 1 aromatic rings. The summed E-state index contributed by atoms with van der Waals surface area (Å²) in [7, 11) is -5.26. The summed E-state index contributed by atoms with van der Waals surface area (Å²) in [6.45, 7) is 15.6. The lowest BCUT2D eigenvalue weighted by Gasteiger charge is -2.29. The second-order valence-electron chi connectivity index (χ2n) is 6.78. The second-order valence-corrected chi connectivity index (χ2v) is 12.2. The molecule has 174 valence electrons. The quantitative estimate of drug-likeness (QED) is 0.293. The van der Waals surface area contributed by atoms with E-state index in [4.69, 9.17) is 26.6 Å². The molecule has 0 radical (unpaired) electrons. The number of benzene rings is 1. The molecule has 0 N–H and O–H groups in total. The Morgan fingerprint density at radius 2 is 0.833 bits per heavy atom. The zero-order valence-electron chi connectivity index (χ0n) is 19.8. The van der Waals surface area contributed by atoms with E-state index in [-0.39, 0.29) is 0 Å². The fourth-order valence-electron chi connectivity index (χ4n) is 3.54. The highest BCUT2D eigenvalue weighted by Gasteiger charge is 2.41. The van der Waals surface area contributed by atoms with Gasteiger partial charge in [-0.1, -0.05) is 24.3 Å². The minimum Gasteiger partial charge on any atom is -0.374 e. The van der Waals surface area contributed by atoms with Crippen molar-refractivity contribution >= 4 is 17.6 Å². The zero-order chi connectivity index (χ0) is 22.3. The first-order valence-corrected chi connectivity index (χ1v) is 15.3. The van der Waals surface area contributed by atoms with Crippen molar-refractivity contribution in [2.75, 3.05) is 39.6 Å². The van der Waals surface area contributed by atoms with Crippen LogP contribution >= 0.6 is 0 Å². The van der Waals surface area contributed by atoms with Crippen LogP contribution in [0.1, 0.15) is 52.7 Å². The lowest BCUT2D eigenvalue weighted by Crippen LogP contribution is -2.46. The highest BCUT2D eigenvalue weighted by molar-refractivity contribution is 6.61. The van der Waals surface area contributed by atoms with Gasteiger partial charge >= 0.3 is 17.6 Å². The van der Waals surface area contributed by atoms with Crippen molar-refractivity contribution in [3.63, 3.8) is 0 Å². The van der Waals surface area contributed by atoms with Crippen molar-refractivity contribution in [3.8, 4) is 0 Å². The van der Waals surface area contributed by atoms with Crippen molar-refractivity contribution in [2.24, 2.45) is 0 Å². The molecular weight excluding hydrogens is 416 g/mol. The summed E-state index contributed by atoms with van der Waals surface area (Å²) >= 11 is 0. The molecule has 0 unspecified atom stereocenters. The molecule has 0 saturated carbocycles. The monoisotopic (exact) mass is 458 g/mol. The molecule has 0 amide bonds. The molecule has 30 heavy (non-hydrogen) atoms. The summed E-state index contributed by atoms with van der Waals surface area (Å²) in [4.78, 5) is 0. The van der Waals surface area contributed by atoms with Gasteiger partial charge in [-0.25, -0.2) is 0 Å². The first-order valence-electron chi connectivity index (χ1n) is 11.4. The van der Waals surface area contributed by atoms with E-state index in [2.05, 4.69) is 24.3 Å². The molecule has 0 aliphatic heterocycles. The van der Waals surface area contributed by atoms with Crippen LogP contribution < -0.4 is 0 Å². The van der Waals surface area contributed by atoms with Crippen molar-refractivity contribution in [1.82, 2.24) is 0 Å². The van der Waals surface area contributed by atoms with Gasteiger partial charge in [0, 0.05) is 51.7 Å². The van der Waals surface area contributed by atoms with Gasteiger partial charge in [0.1, 0.15) is 0 Å². The van der Waals surface area contributed by atoms with E-state index < -0.39 is 17.6 Å². The van der Waals surface area contributed by atoms with E-state index in [9.17, 15) is 0 Å². The van der Waals surface area contributed by atoms with E-state index in [1.807, 2.05) is 41.5 Å². The zero-order valence-corrected chi connectivity index (χ0v) is 21.8. The maximum Gasteiger partial charge on any atom is 0.501 e. The van der Waals surface area contributed by atoms with Gasteiger partial charge in [0.2, 0.25) is 0 Å². The predicted molar refractivity (Wildman–Crippen MR) is 125 cm³/mol. The summed E-state index contributed by atoms with van der Waals surface area (Å²) in [5.41, 5.74) is 2.53. The van der Waals surface area contributed by atoms with Crippen LogP contribution in [0.15, 0.2) is 24.3 Å². The summed E-state index contributed by atoms with van der Waals surface area (Å²) in [5.74, 6) is 0. The fourth-order valence-corrected chi connectivity index (χ4v) is 8.73. The van der Waals surface area contributed by atoms with Gasteiger partial charge < -0.3 is 26.6 Å². The lowest BCUT2D eigenvalue weighted by molar-refractivity contribution is 0.0707. The normalized spacial score (nSPS) is 12.5. The van der Waals surface area contributed by atoms with Crippen LogP contribution in [0.5, 0.6) is 0 Å². The standard InChI is InChI=1S/C22H42O6Si2/c1-7-23-29(24-8-2,25-9-3)18-16-21-14-13-15-22(20-21)17-19-30(26-10-4,27-11-5)28-12-6/h13-15,20H,7-12,16-19H2,1-6H3. The number of hydrogen-bond donors (Lipinski definition) is 0. The van der Waals surface area contributed by atoms with E-state index in [0.29, 0.717) is 39.6 Å². The maximum absolute atomic E-state index is 5.99. The van der Waals surface area contributed by atoms with Crippen molar-refractivity contribution in [3.05, 3.63) is 35.4 Å². The van der Waals surface area contributed by atoms with Gasteiger partial charge in [-0.05, 0) is 65.5 Å². The Labute approximate surface area is 185 Å². The molecule has 0 bridgehead atoms. The molecule has 0 heterocycles. The van der Waals surface area contributed by atoms with Crippen LogP contribution in [-0.2, 0) is 39.4 Å². The van der Waals surface area contributed by atoms with Gasteiger partial charge in [-0.15, -0.1) is 0 Å². The molecule has 0 saturated heterocycles. The third kappa shape index (κ3) is 9.27. The summed E-state index contributed by atoms with van der Waals surface area (Å²) < 4.78 is 35.9. The van der Waals surface area contributed by atoms with Crippen LogP contribution in [0.4, 0.5) is 0 Å². The Morgan fingerprint density at radius 1 is 0.533 bits per heavy atom. The average Bonchev–Trinajstić information content (AvgIpc) is 2.72. The Bertz CT molecular complexity index is 493. The van der Waals surface area contributed by atoms with E-state index >= 15 is 0 Å². The Morgan fingerprint density at radius 3 is 1.10 bits per heavy atom. The Hall–Kier alpha value is -0.586. The van der Waals surface area contributed by atoms with E-state index in [1.165, 1.54) is 11.1 Å². The van der Waals surface area contributed by atoms with Crippen molar-refractivity contribution in [1.29, 1.82) is 0 Å². The molecule has 8 heteroatoms. The van der Waals surface area contributed by atoms with E-state index in [0.717, 1.165) is 24.9 Å². The first kappa shape index (κ1) is 27.4. The molecule has 1 rings (SSSR count). The van der Waals surface area contributed by atoms with Gasteiger partial charge in [0.15, 0.2) is 0 Å². The second kappa shape index (κ2) is 15.3. The number of rotatable bonds is 18. The Balaban J connectivity index is 2.83. The van der Waals surface area contributed by atoms with Gasteiger partial charge in [-0.2, -0.15) is 0 Å². The first-order chi connectivity index (χ1) is 14.5. The molecule has 0 aromatic heterocycles. The Kier molecular flexibility index (Phi) is 14.0. The predicted octanol–water partition coefficient (Wildman–Crippen LogP) is 4.87. The molecule has 0 aliphatic carbocycles. The summed E-state index contributed by atoms with van der Waals surface area (Å²) in [6.07, 6.45) is 1.73. The highest BCUT2D eigenvalue weighted by atomic mass is 28.4. The topological polar surface area (TPSA) is 55.4 Å². The largest absolute Gasteiger partial charge is 0.501 e. The molecule has 0 spiro atoms. The molecule has 0 atom stereocenters. The summed E-state index contributed by atoms with van der Waals surface area (Å²) in [5, 5.41) is 0.